The van der Waals surface area contributed by atoms with Crippen LogP contribution in [0, 0.1) is 5.82 Å². The van der Waals surface area contributed by atoms with Gasteiger partial charge in [-0.1, -0.05) is 6.07 Å². The fraction of sp³-hybridized carbons (Fsp3) is 0.250. The Bertz CT molecular complexity index is 838. The van der Waals surface area contributed by atoms with Gasteiger partial charge in [0.1, 0.15) is 17.3 Å². The highest BCUT2D eigenvalue weighted by molar-refractivity contribution is 5.59. The number of benzene rings is 2. The van der Waals surface area contributed by atoms with E-state index in [1.807, 2.05) is 41.2 Å². The average molecular weight is 337 g/mol. The van der Waals surface area contributed by atoms with E-state index in [1.165, 1.54) is 25.0 Å². The molecule has 4 rings (SSSR count). The lowest BCUT2D eigenvalue weighted by atomic mass is 10.1. The van der Waals surface area contributed by atoms with E-state index in [-0.39, 0.29) is 5.82 Å². The zero-order chi connectivity index (χ0) is 17.1. The minimum Gasteiger partial charge on any atom is -0.457 e. The SMILES string of the molecule is Fc1cccc(Oc2ccc(-c3ccn(C[C@H]4CCCN4)n3)cc2)c1. The lowest BCUT2D eigenvalue weighted by Crippen LogP contribution is -2.26. The van der Waals surface area contributed by atoms with Gasteiger partial charge in [-0.05, 0) is 61.9 Å². The second kappa shape index (κ2) is 7.07. The van der Waals surface area contributed by atoms with Crippen molar-refractivity contribution in [3.05, 3.63) is 66.6 Å². The highest BCUT2D eigenvalue weighted by Gasteiger charge is 2.15. The van der Waals surface area contributed by atoms with E-state index in [0.717, 1.165) is 24.3 Å². The molecular formula is C20H20FN3O. The Kier molecular flexibility index (Phi) is 4.48. The van der Waals surface area contributed by atoms with E-state index in [4.69, 9.17) is 4.74 Å². The van der Waals surface area contributed by atoms with Crippen molar-refractivity contribution in [3.63, 3.8) is 0 Å². The molecule has 1 fully saturated rings. The van der Waals surface area contributed by atoms with Gasteiger partial charge in [0, 0.05) is 23.9 Å². The lowest BCUT2D eigenvalue weighted by molar-refractivity contribution is 0.476. The minimum absolute atomic E-state index is 0.309. The van der Waals surface area contributed by atoms with Gasteiger partial charge in [0.15, 0.2) is 0 Å². The lowest BCUT2D eigenvalue weighted by Gasteiger charge is -2.09. The number of nitrogens with one attached hydrogen (secondary N) is 1. The van der Waals surface area contributed by atoms with Gasteiger partial charge in [-0.2, -0.15) is 5.10 Å². The molecule has 1 saturated heterocycles. The first-order chi connectivity index (χ1) is 12.3. The molecule has 25 heavy (non-hydrogen) atoms. The van der Waals surface area contributed by atoms with Crippen LogP contribution in [0.1, 0.15) is 12.8 Å². The monoisotopic (exact) mass is 337 g/mol. The van der Waals surface area contributed by atoms with Gasteiger partial charge in [0.2, 0.25) is 0 Å². The molecule has 1 atom stereocenters. The second-order valence-corrected chi connectivity index (χ2v) is 6.30. The summed E-state index contributed by atoms with van der Waals surface area (Å²) >= 11 is 0. The van der Waals surface area contributed by atoms with E-state index in [9.17, 15) is 4.39 Å². The average Bonchev–Trinajstić information content (AvgIpc) is 3.28. The van der Waals surface area contributed by atoms with Crippen LogP contribution in [0.4, 0.5) is 4.39 Å². The first kappa shape index (κ1) is 15.8. The molecule has 2 aromatic carbocycles. The van der Waals surface area contributed by atoms with Crippen LogP contribution in [0.25, 0.3) is 11.3 Å². The summed E-state index contributed by atoms with van der Waals surface area (Å²) in [6, 6.07) is 16.4. The first-order valence-electron chi connectivity index (χ1n) is 8.57. The van der Waals surface area contributed by atoms with Crippen molar-refractivity contribution < 1.29 is 9.13 Å². The predicted molar refractivity (Wildman–Crippen MR) is 95.2 cm³/mol. The Morgan fingerprint density at radius 3 is 2.76 bits per heavy atom. The smallest absolute Gasteiger partial charge is 0.130 e. The standard InChI is InChI=1S/C20H20FN3O/c21-16-3-1-5-19(13-16)25-18-8-6-15(7-9-18)20-10-12-24(23-20)14-17-4-2-11-22-17/h1,3,5-10,12-13,17,22H,2,4,11,14H2/t17-/m1/s1. The van der Waals surface area contributed by atoms with Gasteiger partial charge >= 0.3 is 0 Å². The molecule has 0 saturated carbocycles. The number of hydrogen-bond acceptors (Lipinski definition) is 3. The maximum atomic E-state index is 13.2. The van der Waals surface area contributed by atoms with Gasteiger partial charge in [0.25, 0.3) is 0 Å². The molecule has 0 amide bonds. The van der Waals surface area contributed by atoms with E-state index in [2.05, 4.69) is 10.4 Å². The summed E-state index contributed by atoms with van der Waals surface area (Å²) in [5.41, 5.74) is 1.97. The summed E-state index contributed by atoms with van der Waals surface area (Å²) < 4.78 is 20.9. The fourth-order valence-corrected chi connectivity index (χ4v) is 3.12. The fourth-order valence-electron chi connectivity index (χ4n) is 3.12. The van der Waals surface area contributed by atoms with Crippen molar-refractivity contribution >= 4 is 0 Å². The van der Waals surface area contributed by atoms with Crippen molar-refractivity contribution in [2.24, 2.45) is 0 Å². The topological polar surface area (TPSA) is 39.1 Å². The third-order valence-corrected chi connectivity index (χ3v) is 4.39. The molecule has 1 N–H and O–H groups in total. The van der Waals surface area contributed by atoms with Gasteiger partial charge < -0.3 is 10.1 Å². The Hall–Kier alpha value is -2.66. The molecular weight excluding hydrogens is 317 g/mol. The van der Waals surface area contributed by atoms with Crippen LogP contribution in [-0.2, 0) is 6.54 Å². The van der Waals surface area contributed by atoms with E-state index >= 15 is 0 Å². The molecule has 128 valence electrons. The molecule has 0 radical (unpaired) electrons. The number of nitrogens with zero attached hydrogens (tertiary/aromatic N) is 2. The number of aromatic nitrogens is 2. The number of hydrogen-bond donors (Lipinski definition) is 1. The molecule has 0 bridgehead atoms. The quantitative estimate of drug-likeness (QED) is 0.757. The first-order valence-corrected chi connectivity index (χ1v) is 8.57. The summed E-state index contributed by atoms with van der Waals surface area (Å²) in [6.07, 6.45) is 4.47. The maximum Gasteiger partial charge on any atom is 0.130 e. The van der Waals surface area contributed by atoms with Crippen LogP contribution >= 0.6 is 0 Å². The van der Waals surface area contributed by atoms with Crippen LogP contribution in [0.3, 0.4) is 0 Å². The van der Waals surface area contributed by atoms with Gasteiger partial charge in [0.05, 0.1) is 12.2 Å². The maximum absolute atomic E-state index is 13.2. The molecule has 0 unspecified atom stereocenters. The number of ether oxygens (including phenoxy) is 1. The Morgan fingerprint density at radius 2 is 2.00 bits per heavy atom. The minimum atomic E-state index is -0.309. The van der Waals surface area contributed by atoms with Crippen molar-refractivity contribution in [1.82, 2.24) is 15.1 Å². The van der Waals surface area contributed by atoms with E-state index in [0.29, 0.717) is 17.5 Å². The Labute approximate surface area is 146 Å². The van der Waals surface area contributed by atoms with Crippen molar-refractivity contribution in [3.8, 4) is 22.8 Å². The number of halogens is 1. The van der Waals surface area contributed by atoms with E-state index < -0.39 is 0 Å². The molecule has 1 aromatic heterocycles. The molecule has 5 heteroatoms. The highest BCUT2D eigenvalue weighted by Crippen LogP contribution is 2.25. The van der Waals surface area contributed by atoms with Crippen LogP contribution in [0.5, 0.6) is 11.5 Å². The van der Waals surface area contributed by atoms with Gasteiger partial charge in [-0.3, -0.25) is 4.68 Å². The largest absolute Gasteiger partial charge is 0.457 e. The van der Waals surface area contributed by atoms with E-state index in [1.54, 1.807) is 12.1 Å². The third-order valence-electron chi connectivity index (χ3n) is 4.39. The molecule has 1 aliphatic heterocycles. The van der Waals surface area contributed by atoms with Crippen LogP contribution in [0.15, 0.2) is 60.8 Å². The molecule has 4 nitrogen and oxygen atoms in total. The zero-order valence-corrected chi connectivity index (χ0v) is 13.9. The third kappa shape index (κ3) is 3.88. The zero-order valence-electron chi connectivity index (χ0n) is 13.9. The van der Waals surface area contributed by atoms with Crippen LogP contribution < -0.4 is 10.1 Å². The summed E-state index contributed by atoms with van der Waals surface area (Å²) in [4.78, 5) is 0. The molecule has 1 aliphatic rings. The predicted octanol–water partition coefficient (Wildman–Crippen LogP) is 4.23. The van der Waals surface area contributed by atoms with Crippen molar-refractivity contribution in [2.75, 3.05) is 6.54 Å². The number of rotatable bonds is 5. The van der Waals surface area contributed by atoms with Gasteiger partial charge in [-0.25, -0.2) is 4.39 Å². The highest BCUT2D eigenvalue weighted by atomic mass is 19.1. The molecule has 0 aliphatic carbocycles. The summed E-state index contributed by atoms with van der Waals surface area (Å²) in [5, 5.41) is 8.14. The summed E-state index contributed by atoms with van der Waals surface area (Å²) in [7, 11) is 0. The molecule has 3 aromatic rings. The summed E-state index contributed by atoms with van der Waals surface area (Å²) in [6.45, 7) is 2.01. The Balaban J connectivity index is 1.44. The normalized spacial score (nSPS) is 16.9. The Morgan fingerprint density at radius 1 is 1.12 bits per heavy atom. The van der Waals surface area contributed by atoms with Crippen LogP contribution in [0.2, 0.25) is 0 Å². The second-order valence-electron chi connectivity index (χ2n) is 6.30. The summed E-state index contributed by atoms with van der Waals surface area (Å²) in [5.74, 6) is 0.849. The molecule has 0 spiro atoms. The van der Waals surface area contributed by atoms with Crippen molar-refractivity contribution in [2.45, 2.75) is 25.4 Å². The van der Waals surface area contributed by atoms with Crippen LogP contribution in [-0.4, -0.2) is 22.4 Å². The van der Waals surface area contributed by atoms with Crippen molar-refractivity contribution in [1.29, 1.82) is 0 Å². The molecule has 2 heterocycles. The van der Waals surface area contributed by atoms with Gasteiger partial charge in [-0.15, -0.1) is 0 Å².